The highest BCUT2D eigenvalue weighted by atomic mass is 16.6. The van der Waals surface area contributed by atoms with E-state index < -0.39 is 11.0 Å². The zero-order valence-corrected chi connectivity index (χ0v) is 8.74. The van der Waals surface area contributed by atoms with Crippen molar-refractivity contribution in [2.24, 2.45) is 0 Å². The van der Waals surface area contributed by atoms with Crippen LogP contribution < -0.4 is 5.32 Å². The van der Waals surface area contributed by atoms with Gasteiger partial charge in [0.25, 0.3) is 0 Å². The number of pyridine rings is 1. The van der Waals surface area contributed by atoms with Gasteiger partial charge in [-0.1, -0.05) is 0 Å². The minimum atomic E-state index is -0.987. The van der Waals surface area contributed by atoms with Crippen LogP contribution in [-0.4, -0.2) is 45.1 Å². The summed E-state index contributed by atoms with van der Waals surface area (Å²) >= 11 is 0. The normalized spacial score (nSPS) is 15.2. The van der Waals surface area contributed by atoms with E-state index in [4.69, 9.17) is 5.11 Å². The molecule has 1 aliphatic rings. The van der Waals surface area contributed by atoms with Crippen molar-refractivity contribution in [3.8, 4) is 0 Å². The number of nitro groups is 1. The van der Waals surface area contributed by atoms with Crippen molar-refractivity contribution in [2.45, 2.75) is 6.04 Å². The molecule has 1 aromatic rings. The van der Waals surface area contributed by atoms with Crippen molar-refractivity contribution in [1.82, 2.24) is 9.88 Å². The van der Waals surface area contributed by atoms with Crippen LogP contribution in [0.5, 0.6) is 0 Å². The molecule has 8 nitrogen and oxygen atoms in total. The number of hydrogen-bond donors (Lipinski definition) is 2. The van der Waals surface area contributed by atoms with E-state index in [1.165, 1.54) is 23.2 Å². The molecule has 0 radical (unpaired) electrons. The minimum absolute atomic E-state index is 0.110. The third kappa shape index (κ3) is 2.25. The number of likely N-dealkylation sites (tertiary alicyclic amines) is 1. The summed E-state index contributed by atoms with van der Waals surface area (Å²) in [5.74, 6) is 0.174. The molecule has 17 heavy (non-hydrogen) atoms. The second-order valence-electron chi connectivity index (χ2n) is 3.66. The molecule has 2 rings (SSSR count). The number of amides is 1. The predicted octanol–water partition coefficient (Wildman–Crippen LogP) is 0.764. The Bertz CT molecular complexity index is 458. The minimum Gasteiger partial charge on any atom is -0.465 e. The molecule has 8 heteroatoms. The van der Waals surface area contributed by atoms with E-state index in [0.717, 1.165) is 0 Å². The van der Waals surface area contributed by atoms with Crippen LogP contribution in [0.2, 0.25) is 0 Å². The summed E-state index contributed by atoms with van der Waals surface area (Å²) in [7, 11) is 0. The molecule has 90 valence electrons. The Kier molecular flexibility index (Phi) is 2.77. The number of carbonyl (C=O) groups is 1. The van der Waals surface area contributed by atoms with Gasteiger partial charge in [-0.2, -0.15) is 0 Å². The maximum atomic E-state index is 10.7. The number of rotatable bonds is 3. The standard InChI is InChI=1S/C9H10N4O4/c14-9(15)12-4-6(5-12)11-8-7(13(16)17)2-1-3-10-8/h1-3,6H,4-5H2,(H,10,11)(H,14,15). The van der Waals surface area contributed by atoms with E-state index in [1.807, 2.05) is 0 Å². The molecule has 0 aromatic carbocycles. The van der Waals surface area contributed by atoms with Gasteiger partial charge in [-0.3, -0.25) is 10.1 Å². The third-order valence-electron chi connectivity index (χ3n) is 2.48. The monoisotopic (exact) mass is 238 g/mol. The Labute approximate surface area is 96.0 Å². The molecule has 1 amide bonds. The van der Waals surface area contributed by atoms with Gasteiger partial charge >= 0.3 is 11.8 Å². The quantitative estimate of drug-likeness (QED) is 0.594. The first-order valence-corrected chi connectivity index (χ1v) is 4.91. The third-order valence-corrected chi connectivity index (χ3v) is 2.48. The lowest BCUT2D eigenvalue weighted by Gasteiger charge is -2.37. The highest BCUT2D eigenvalue weighted by molar-refractivity contribution is 5.67. The van der Waals surface area contributed by atoms with Gasteiger partial charge in [0.2, 0.25) is 5.82 Å². The number of nitrogens with zero attached hydrogens (tertiary/aromatic N) is 3. The van der Waals surface area contributed by atoms with Gasteiger partial charge in [0.15, 0.2) is 0 Å². The number of anilines is 1. The smallest absolute Gasteiger partial charge is 0.407 e. The van der Waals surface area contributed by atoms with Gasteiger partial charge in [0.05, 0.1) is 11.0 Å². The lowest BCUT2D eigenvalue weighted by molar-refractivity contribution is -0.384. The molecule has 1 aliphatic heterocycles. The SMILES string of the molecule is O=C(O)N1CC(Nc2ncccc2[N+](=O)[O-])C1. The topological polar surface area (TPSA) is 109 Å². The van der Waals surface area contributed by atoms with Crippen LogP contribution in [0.3, 0.4) is 0 Å². The molecule has 0 saturated carbocycles. The largest absolute Gasteiger partial charge is 0.465 e. The molecule has 0 unspecified atom stereocenters. The van der Waals surface area contributed by atoms with Crippen molar-refractivity contribution in [3.63, 3.8) is 0 Å². The predicted molar refractivity (Wildman–Crippen MR) is 57.9 cm³/mol. The molecule has 0 aliphatic carbocycles. The van der Waals surface area contributed by atoms with Crippen LogP contribution >= 0.6 is 0 Å². The summed E-state index contributed by atoms with van der Waals surface area (Å²) in [6, 6.07) is 2.70. The number of hydrogen-bond acceptors (Lipinski definition) is 5. The molecular formula is C9H10N4O4. The van der Waals surface area contributed by atoms with Crippen LogP contribution in [0.15, 0.2) is 18.3 Å². The number of aromatic nitrogens is 1. The van der Waals surface area contributed by atoms with Gasteiger partial charge in [-0.05, 0) is 6.07 Å². The van der Waals surface area contributed by atoms with E-state index in [0.29, 0.717) is 13.1 Å². The lowest BCUT2D eigenvalue weighted by atomic mass is 10.1. The summed E-state index contributed by atoms with van der Waals surface area (Å²) in [6.07, 6.45) is 0.460. The molecule has 1 saturated heterocycles. The fourth-order valence-electron chi connectivity index (χ4n) is 1.57. The molecule has 0 bridgehead atoms. The Morgan fingerprint density at radius 1 is 1.65 bits per heavy atom. The van der Waals surface area contributed by atoms with E-state index >= 15 is 0 Å². The van der Waals surface area contributed by atoms with E-state index in [-0.39, 0.29) is 17.5 Å². The Morgan fingerprint density at radius 2 is 2.35 bits per heavy atom. The first kappa shape index (κ1) is 11.1. The van der Waals surface area contributed by atoms with Crippen LogP contribution in [0.4, 0.5) is 16.3 Å². The van der Waals surface area contributed by atoms with E-state index in [1.54, 1.807) is 0 Å². The van der Waals surface area contributed by atoms with Crippen LogP contribution in [0.1, 0.15) is 0 Å². The van der Waals surface area contributed by atoms with Gasteiger partial charge < -0.3 is 15.3 Å². The van der Waals surface area contributed by atoms with Crippen LogP contribution in [-0.2, 0) is 0 Å². The van der Waals surface area contributed by atoms with Gasteiger partial charge in [-0.25, -0.2) is 9.78 Å². The Balaban J connectivity index is 2.01. The molecular weight excluding hydrogens is 228 g/mol. The summed E-state index contributed by atoms with van der Waals surface area (Å²) in [5, 5.41) is 22.2. The molecule has 2 N–H and O–H groups in total. The maximum absolute atomic E-state index is 10.7. The summed E-state index contributed by atoms with van der Waals surface area (Å²) < 4.78 is 0. The summed E-state index contributed by atoms with van der Waals surface area (Å²) in [5.41, 5.74) is -0.110. The average Bonchev–Trinajstić information content (AvgIpc) is 2.22. The summed E-state index contributed by atoms with van der Waals surface area (Å²) in [4.78, 5) is 25.8. The zero-order chi connectivity index (χ0) is 12.4. The summed E-state index contributed by atoms with van der Waals surface area (Å²) in [6.45, 7) is 0.617. The average molecular weight is 238 g/mol. The molecule has 2 heterocycles. The highest BCUT2D eigenvalue weighted by Crippen LogP contribution is 2.23. The van der Waals surface area contributed by atoms with Crippen molar-refractivity contribution >= 4 is 17.6 Å². The van der Waals surface area contributed by atoms with Crippen molar-refractivity contribution in [2.75, 3.05) is 18.4 Å². The molecule has 0 spiro atoms. The molecule has 1 fully saturated rings. The first-order chi connectivity index (χ1) is 8.08. The van der Waals surface area contributed by atoms with E-state index in [9.17, 15) is 14.9 Å². The van der Waals surface area contributed by atoms with Gasteiger partial charge in [0, 0.05) is 25.4 Å². The fraction of sp³-hybridized carbons (Fsp3) is 0.333. The lowest BCUT2D eigenvalue weighted by Crippen LogP contribution is -2.56. The van der Waals surface area contributed by atoms with Crippen LogP contribution in [0, 0.1) is 10.1 Å². The fourth-order valence-corrected chi connectivity index (χ4v) is 1.57. The zero-order valence-electron chi connectivity index (χ0n) is 8.74. The second-order valence-corrected chi connectivity index (χ2v) is 3.66. The Hall–Kier alpha value is -2.38. The number of carboxylic acid groups (broad SMARTS) is 1. The Morgan fingerprint density at radius 3 is 2.94 bits per heavy atom. The second kappa shape index (κ2) is 4.24. The van der Waals surface area contributed by atoms with Crippen molar-refractivity contribution in [1.29, 1.82) is 0 Å². The maximum Gasteiger partial charge on any atom is 0.407 e. The van der Waals surface area contributed by atoms with Crippen molar-refractivity contribution < 1.29 is 14.8 Å². The van der Waals surface area contributed by atoms with Gasteiger partial charge in [-0.15, -0.1) is 0 Å². The van der Waals surface area contributed by atoms with Crippen LogP contribution in [0.25, 0.3) is 0 Å². The van der Waals surface area contributed by atoms with E-state index in [2.05, 4.69) is 10.3 Å². The number of nitrogens with one attached hydrogen (secondary N) is 1. The highest BCUT2D eigenvalue weighted by Gasteiger charge is 2.31. The first-order valence-electron chi connectivity index (χ1n) is 4.91. The van der Waals surface area contributed by atoms with Crippen molar-refractivity contribution in [3.05, 3.63) is 28.4 Å². The van der Waals surface area contributed by atoms with Gasteiger partial charge in [0.1, 0.15) is 0 Å². The molecule has 1 aromatic heterocycles. The molecule has 0 atom stereocenters.